The lowest BCUT2D eigenvalue weighted by atomic mass is 10.0. The number of carboxylic acids is 1. The van der Waals surface area contributed by atoms with Crippen LogP contribution < -0.4 is 5.11 Å². The molecule has 0 bridgehead atoms. The summed E-state index contributed by atoms with van der Waals surface area (Å²) in [7, 11) is 5.42. The largest absolute Gasteiger partial charge is 0.544 e. The fourth-order valence-corrected chi connectivity index (χ4v) is 8.04. The molecule has 0 aliphatic heterocycles. The van der Waals surface area contributed by atoms with E-state index in [-0.39, 0.29) is 42.7 Å². The van der Waals surface area contributed by atoms with Gasteiger partial charge < -0.3 is 28.6 Å². The predicted octanol–water partition coefficient (Wildman–Crippen LogP) is 14.6. The fourth-order valence-electron chi connectivity index (χ4n) is 8.04. The molecule has 0 saturated heterocycles. The van der Waals surface area contributed by atoms with Crippen molar-refractivity contribution < 1.29 is 38.2 Å². The summed E-state index contributed by atoms with van der Waals surface area (Å²) in [5, 5.41) is 11.7. The van der Waals surface area contributed by atoms with Crippen molar-refractivity contribution in [1.82, 2.24) is 0 Å². The van der Waals surface area contributed by atoms with Gasteiger partial charge in [-0.3, -0.25) is 9.59 Å². The second kappa shape index (κ2) is 47.8. The van der Waals surface area contributed by atoms with Crippen LogP contribution in [0.3, 0.4) is 0 Å². The van der Waals surface area contributed by atoms with Gasteiger partial charge >= 0.3 is 11.9 Å². The highest BCUT2D eigenvalue weighted by atomic mass is 16.6. The number of hydrogen-bond acceptors (Lipinski definition) is 7. The van der Waals surface area contributed by atoms with Crippen LogP contribution in [-0.4, -0.2) is 75.5 Å². The van der Waals surface area contributed by atoms with Gasteiger partial charge in [0.1, 0.15) is 12.6 Å². The molecule has 0 aliphatic rings. The smallest absolute Gasteiger partial charge is 0.306 e. The van der Waals surface area contributed by atoms with Gasteiger partial charge in [0.15, 0.2) is 6.10 Å². The summed E-state index contributed by atoms with van der Waals surface area (Å²) in [6.07, 6.45) is 58.6. The Hall–Kier alpha value is -2.71. The van der Waals surface area contributed by atoms with Gasteiger partial charge in [-0.1, -0.05) is 210 Å². The Morgan fingerprint density at radius 2 is 0.908 bits per heavy atom. The van der Waals surface area contributed by atoms with E-state index in [0.29, 0.717) is 12.8 Å². The summed E-state index contributed by atoms with van der Waals surface area (Å²) in [5.74, 6) is -1.73. The minimum Gasteiger partial charge on any atom is -0.544 e. The SMILES string of the molecule is CC/C=C/C/C=C/CCCCCCCCCCCCCCCCC(=O)OCC(COCCC(C(=O)[O-])[N+](C)(C)C)OC(=O)CCCCCCCCCCCC/C=C/C=C/CCCCCC. The number of hydrogen-bond donors (Lipinski definition) is 0. The summed E-state index contributed by atoms with van der Waals surface area (Å²) < 4.78 is 17.3. The first kappa shape index (κ1) is 62.3. The van der Waals surface area contributed by atoms with Gasteiger partial charge in [0, 0.05) is 19.3 Å². The Labute approximate surface area is 401 Å². The number of esters is 2. The predicted molar refractivity (Wildman–Crippen MR) is 273 cm³/mol. The van der Waals surface area contributed by atoms with Crippen LogP contribution in [0.5, 0.6) is 0 Å². The van der Waals surface area contributed by atoms with Crippen LogP contribution in [-0.2, 0) is 28.6 Å². The molecule has 0 heterocycles. The highest BCUT2D eigenvalue weighted by Gasteiger charge is 2.25. The molecule has 0 aromatic carbocycles. The van der Waals surface area contributed by atoms with Crippen LogP contribution in [0, 0.1) is 0 Å². The Kier molecular flexibility index (Phi) is 45.8. The molecule has 0 N–H and O–H groups in total. The Morgan fingerprint density at radius 3 is 1.35 bits per heavy atom. The zero-order valence-corrected chi connectivity index (χ0v) is 43.2. The molecule has 0 fully saturated rings. The average molecular weight is 914 g/mol. The highest BCUT2D eigenvalue weighted by molar-refractivity contribution is 5.70. The Balaban J connectivity index is 4.19. The molecule has 0 radical (unpaired) electrons. The minimum absolute atomic E-state index is 0.0407. The molecule has 0 spiro atoms. The van der Waals surface area contributed by atoms with Gasteiger partial charge in [-0.25, -0.2) is 0 Å². The summed E-state index contributed by atoms with van der Waals surface area (Å²) in [6, 6.07) is -0.727. The van der Waals surface area contributed by atoms with E-state index in [4.69, 9.17) is 14.2 Å². The molecule has 0 aliphatic carbocycles. The van der Waals surface area contributed by atoms with Gasteiger partial charge in [-0.15, -0.1) is 0 Å². The fraction of sp³-hybridized carbons (Fsp3) is 0.807. The number of allylic oxidation sites excluding steroid dienone is 8. The van der Waals surface area contributed by atoms with Crippen molar-refractivity contribution in [3.8, 4) is 0 Å². The first-order chi connectivity index (χ1) is 31.6. The molecule has 0 amide bonds. The van der Waals surface area contributed by atoms with Crippen LogP contribution >= 0.6 is 0 Å². The Bertz CT molecular complexity index is 1200. The van der Waals surface area contributed by atoms with E-state index < -0.39 is 18.1 Å². The zero-order chi connectivity index (χ0) is 47.7. The molecule has 2 atom stereocenters. The number of quaternary nitrogens is 1. The van der Waals surface area contributed by atoms with E-state index in [1.54, 1.807) is 0 Å². The lowest BCUT2D eigenvalue weighted by Gasteiger charge is -2.34. The maximum absolute atomic E-state index is 12.8. The number of ether oxygens (including phenoxy) is 3. The molecule has 8 heteroatoms. The van der Waals surface area contributed by atoms with Crippen molar-refractivity contribution in [2.75, 3.05) is 41.0 Å². The highest BCUT2D eigenvalue weighted by Crippen LogP contribution is 2.16. The maximum Gasteiger partial charge on any atom is 0.306 e. The second-order valence-corrected chi connectivity index (χ2v) is 19.5. The zero-order valence-electron chi connectivity index (χ0n) is 43.2. The number of aliphatic carboxylic acids is 1. The van der Waals surface area contributed by atoms with Gasteiger partial charge in [0.05, 0.1) is 40.3 Å². The number of carboxylic acid groups (broad SMARTS) is 1. The van der Waals surface area contributed by atoms with Crippen molar-refractivity contribution in [2.45, 2.75) is 257 Å². The topological polar surface area (TPSA) is 102 Å². The molecular formula is C57H103NO7. The van der Waals surface area contributed by atoms with Crippen LogP contribution in [0.4, 0.5) is 0 Å². The maximum atomic E-state index is 12.8. The molecule has 0 aromatic rings. The van der Waals surface area contributed by atoms with Crippen LogP contribution in [0.25, 0.3) is 0 Å². The molecular weight excluding hydrogens is 811 g/mol. The van der Waals surface area contributed by atoms with Gasteiger partial charge in [-0.2, -0.15) is 0 Å². The number of carbonyl (C=O) groups is 3. The van der Waals surface area contributed by atoms with Crippen LogP contribution in [0.15, 0.2) is 48.6 Å². The second-order valence-electron chi connectivity index (χ2n) is 19.5. The van der Waals surface area contributed by atoms with Crippen molar-refractivity contribution in [3.05, 3.63) is 48.6 Å². The monoisotopic (exact) mass is 914 g/mol. The van der Waals surface area contributed by atoms with E-state index in [1.165, 1.54) is 161 Å². The van der Waals surface area contributed by atoms with E-state index in [2.05, 4.69) is 62.5 Å². The van der Waals surface area contributed by atoms with Crippen molar-refractivity contribution in [1.29, 1.82) is 0 Å². The number of carbonyl (C=O) groups excluding carboxylic acids is 3. The van der Waals surface area contributed by atoms with Gasteiger partial charge in [0.25, 0.3) is 0 Å². The lowest BCUT2D eigenvalue weighted by Crippen LogP contribution is -2.55. The number of unbranched alkanes of at least 4 members (excludes halogenated alkanes) is 28. The summed E-state index contributed by atoms with van der Waals surface area (Å²) in [4.78, 5) is 37.1. The molecule has 65 heavy (non-hydrogen) atoms. The minimum atomic E-state index is -1.12. The number of nitrogens with zero attached hydrogens (tertiary/aromatic N) is 1. The Morgan fingerprint density at radius 1 is 0.492 bits per heavy atom. The first-order valence-corrected chi connectivity index (χ1v) is 27.2. The molecule has 0 aromatic heterocycles. The lowest BCUT2D eigenvalue weighted by molar-refractivity contribution is -0.889. The van der Waals surface area contributed by atoms with E-state index in [1.807, 2.05) is 21.1 Å². The van der Waals surface area contributed by atoms with Crippen molar-refractivity contribution in [2.24, 2.45) is 0 Å². The molecule has 8 nitrogen and oxygen atoms in total. The summed E-state index contributed by atoms with van der Waals surface area (Å²) >= 11 is 0. The third-order valence-electron chi connectivity index (χ3n) is 12.2. The van der Waals surface area contributed by atoms with Gasteiger partial charge in [-0.05, 0) is 64.2 Å². The van der Waals surface area contributed by atoms with E-state index in [0.717, 1.165) is 51.4 Å². The molecule has 0 saturated carbocycles. The van der Waals surface area contributed by atoms with E-state index >= 15 is 0 Å². The molecule has 2 unspecified atom stereocenters. The third kappa shape index (κ3) is 46.2. The van der Waals surface area contributed by atoms with Crippen molar-refractivity contribution in [3.63, 3.8) is 0 Å². The van der Waals surface area contributed by atoms with Gasteiger partial charge in [0.2, 0.25) is 0 Å². The van der Waals surface area contributed by atoms with Crippen molar-refractivity contribution >= 4 is 17.9 Å². The third-order valence-corrected chi connectivity index (χ3v) is 12.2. The standard InChI is InChI=1S/C57H103NO7/c1-6-8-10-12-14-16-18-20-22-24-26-28-30-31-33-35-37-39-41-43-45-47-55(59)64-52-53(51-63-50-49-54(57(61)62)58(3,4)5)65-56(60)48-46-44-42-40-38-36-34-32-29-27-25-23-21-19-17-15-13-11-9-7-2/h8,10,14,16-17,19,21,23,53-54H,6-7,9,11-13,15,18,20,22,24-52H2,1-5H3/b10-8+,16-14+,19-17+,23-21+. The van der Waals surface area contributed by atoms with Crippen LogP contribution in [0.1, 0.15) is 245 Å². The first-order valence-electron chi connectivity index (χ1n) is 27.2. The quantitative estimate of drug-likeness (QED) is 0.0197. The molecule has 0 rings (SSSR count). The number of rotatable bonds is 49. The summed E-state index contributed by atoms with van der Waals surface area (Å²) in [6.45, 7) is 4.57. The average Bonchev–Trinajstić information content (AvgIpc) is 3.27. The number of likely N-dealkylation sites (N-methyl/N-ethyl adjacent to an activating group) is 1. The normalized spacial score (nSPS) is 13.2. The van der Waals surface area contributed by atoms with E-state index in [9.17, 15) is 19.5 Å². The van der Waals surface area contributed by atoms with Crippen LogP contribution in [0.2, 0.25) is 0 Å². The molecule has 378 valence electrons. The summed E-state index contributed by atoms with van der Waals surface area (Å²) in [5.41, 5.74) is 0.